The number of fused-ring (bicyclic) bond motifs is 4. The summed E-state index contributed by atoms with van der Waals surface area (Å²) in [6.07, 6.45) is -7.62. The zero-order valence-corrected chi connectivity index (χ0v) is 41.8. The first-order valence-corrected chi connectivity index (χ1v) is 23.5. The molecule has 68 heavy (non-hydrogen) atoms. The number of ketones is 1. The molecule has 4 fully saturated rings. The van der Waals surface area contributed by atoms with E-state index in [2.05, 4.69) is 5.32 Å². The molecule has 0 aromatic heterocycles. The van der Waals surface area contributed by atoms with E-state index in [1.165, 1.54) is 21.0 Å². The van der Waals surface area contributed by atoms with Crippen LogP contribution in [0.15, 0.2) is 53.6 Å². The highest BCUT2D eigenvalue weighted by Gasteiger charge is 2.84. The summed E-state index contributed by atoms with van der Waals surface area (Å²) in [6, 6.07) is 6.02. The van der Waals surface area contributed by atoms with Gasteiger partial charge in [0, 0.05) is 43.6 Å². The number of aliphatic hydroxyl groups is 1. The Morgan fingerprint density at radius 2 is 1.60 bits per heavy atom. The molecule has 15 nitrogen and oxygen atoms in total. The van der Waals surface area contributed by atoms with Crippen molar-refractivity contribution in [2.24, 2.45) is 28.1 Å². The van der Waals surface area contributed by atoms with E-state index in [4.69, 9.17) is 35.9 Å². The van der Waals surface area contributed by atoms with E-state index < -0.39 is 111 Å². The van der Waals surface area contributed by atoms with Crippen LogP contribution in [0.3, 0.4) is 0 Å². The number of hydrogen-bond acceptors (Lipinski definition) is 14. The largest absolute Gasteiger partial charge is 0.456 e. The Morgan fingerprint density at radius 1 is 0.941 bits per heavy atom. The minimum Gasteiger partial charge on any atom is -0.456 e. The lowest BCUT2D eigenvalue weighted by molar-refractivity contribution is -0.325. The van der Waals surface area contributed by atoms with Gasteiger partial charge >= 0.3 is 30.0 Å². The predicted octanol–water partition coefficient (Wildman–Crippen LogP) is 7.47. The average Bonchev–Trinajstić information content (AvgIpc) is 4.02. The van der Waals surface area contributed by atoms with Crippen molar-refractivity contribution in [2.45, 2.75) is 169 Å². The number of nitrogens with one attached hydrogen (secondary N) is 1. The molecular formula is C53H69NO14. The van der Waals surface area contributed by atoms with Gasteiger partial charge in [-0.1, -0.05) is 71.8 Å². The summed E-state index contributed by atoms with van der Waals surface area (Å²) >= 11 is 0. The maximum Gasteiger partial charge on any atom is 0.408 e. The summed E-state index contributed by atoms with van der Waals surface area (Å²) in [5, 5.41) is 15.0. The zero-order valence-electron chi connectivity index (χ0n) is 43.8. The molecule has 7 rings (SSSR count). The van der Waals surface area contributed by atoms with Gasteiger partial charge in [0.05, 0.1) is 26.9 Å². The molecule has 2 aromatic rings. The third-order valence-electron chi connectivity index (χ3n) is 16.8. The Hall–Kier alpha value is -5.12. The van der Waals surface area contributed by atoms with Gasteiger partial charge in [0.1, 0.15) is 29.5 Å². The van der Waals surface area contributed by atoms with Crippen molar-refractivity contribution in [1.29, 1.82) is 0 Å². The van der Waals surface area contributed by atoms with Crippen LogP contribution in [-0.2, 0) is 52.3 Å². The van der Waals surface area contributed by atoms with E-state index in [1.54, 1.807) is 78.8 Å². The Labute approximate surface area is 402 Å². The number of amides is 1. The molecule has 12 atom stereocenters. The van der Waals surface area contributed by atoms with Gasteiger partial charge in [-0.15, -0.1) is 0 Å². The minimum atomic E-state index is -2.23. The molecule has 2 aromatic carbocycles. The predicted molar refractivity (Wildman–Crippen MR) is 247 cm³/mol. The van der Waals surface area contributed by atoms with E-state index in [-0.39, 0.29) is 59.7 Å². The summed E-state index contributed by atoms with van der Waals surface area (Å²) in [6.45, 7) is 21.8. The molecule has 3 saturated carbocycles. The van der Waals surface area contributed by atoms with Crippen LogP contribution in [0.25, 0.3) is 0 Å². The first-order chi connectivity index (χ1) is 32.5. The van der Waals surface area contributed by atoms with Gasteiger partial charge in [-0.25, -0.2) is 14.4 Å². The molecule has 5 aliphatic rings. The van der Waals surface area contributed by atoms with Crippen molar-refractivity contribution in [1.82, 2.24) is 5.32 Å². The molecule has 2 bridgehead atoms. The number of carbonyl (C=O) groups is 6. The van der Waals surface area contributed by atoms with Crippen molar-refractivity contribution in [3.8, 4) is 0 Å². The van der Waals surface area contributed by atoms with Gasteiger partial charge in [0.25, 0.3) is 0 Å². The monoisotopic (exact) mass is 945 g/mol. The number of esters is 4. The maximum atomic E-state index is 15.8. The summed E-state index contributed by atoms with van der Waals surface area (Å²) in [7, 11) is 1.40. The molecule has 0 radical (unpaired) electrons. The number of methoxy groups -OCH3 is 1. The van der Waals surface area contributed by atoms with Gasteiger partial charge < -0.3 is 43.6 Å². The Morgan fingerprint density at radius 3 is 2.16 bits per heavy atom. The molecule has 1 amide bonds. The summed E-state index contributed by atoms with van der Waals surface area (Å²) < 4.78 is 62.2. The molecule has 1 heterocycles. The van der Waals surface area contributed by atoms with E-state index in [0.29, 0.717) is 29.5 Å². The average molecular weight is 946 g/mol. The van der Waals surface area contributed by atoms with Gasteiger partial charge in [-0.2, -0.15) is 0 Å². The highest BCUT2D eigenvalue weighted by Crippen LogP contribution is 2.75. The van der Waals surface area contributed by atoms with Crippen LogP contribution >= 0.6 is 0 Å². The van der Waals surface area contributed by atoms with Crippen LogP contribution in [0, 0.1) is 48.9 Å². The van der Waals surface area contributed by atoms with Crippen LogP contribution < -0.4 is 5.32 Å². The lowest BCUT2D eigenvalue weighted by atomic mass is 9.48. The second-order valence-electron chi connectivity index (χ2n) is 21.3. The molecule has 4 aliphatic carbocycles. The Kier molecular flexibility index (Phi) is 12.5. The van der Waals surface area contributed by atoms with Crippen LogP contribution in [0.2, 0.25) is 0 Å². The smallest absolute Gasteiger partial charge is 0.408 e. The van der Waals surface area contributed by atoms with Crippen LogP contribution in [0.4, 0.5) is 4.79 Å². The van der Waals surface area contributed by atoms with Crippen molar-refractivity contribution in [3.05, 3.63) is 81.4 Å². The topological polar surface area (TPSA) is 199 Å². The van der Waals surface area contributed by atoms with Gasteiger partial charge in [0.15, 0.2) is 23.6 Å². The van der Waals surface area contributed by atoms with Gasteiger partial charge in [0.2, 0.25) is 0 Å². The molecule has 15 heteroatoms. The molecule has 2 N–H and O–H groups in total. The Balaban J connectivity index is 1.40. The number of rotatable bonds is 12. The number of carbonyl (C=O) groups excluding carboxylic acids is 6. The first-order valence-electron chi connectivity index (χ1n) is 24.5. The van der Waals surface area contributed by atoms with Crippen LogP contribution in [0.5, 0.6) is 0 Å². The molecule has 1 saturated heterocycles. The lowest BCUT2D eigenvalue weighted by Gasteiger charge is -2.65. The van der Waals surface area contributed by atoms with Gasteiger partial charge in [-0.3, -0.25) is 14.4 Å². The summed E-state index contributed by atoms with van der Waals surface area (Å²) in [5.41, 5.74) is -5.43. The molecule has 370 valence electrons. The fourth-order valence-corrected chi connectivity index (χ4v) is 12.0. The second-order valence-corrected chi connectivity index (χ2v) is 21.3. The highest BCUT2D eigenvalue weighted by atomic mass is 16.6. The van der Waals surface area contributed by atoms with Crippen LogP contribution in [-0.4, -0.2) is 102 Å². The number of alkyl carbamates (subject to hydrolysis) is 1. The first kappa shape index (κ1) is 47.9. The molecular weight excluding hydrogens is 875 g/mol. The van der Waals surface area contributed by atoms with Crippen molar-refractivity contribution in [3.63, 3.8) is 0 Å². The number of ether oxygens (including phenoxy) is 7. The quantitative estimate of drug-likeness (QED) is 0.121. The number of Topliss-reactive ketones (excluding diaryl/α,β-unsaturated/α-hetero) is 1. The molecule has 2 unspecified atom stereocenters. The SMILES string of the molecule is [2H]c1c([2H])c([C@H](NC(=O)OC(C)(CC)C(C)(C)C)[C@@H](O)C(=O)O[C@H]2CC3(OC)[C@@H](OC(=O)c4ccccc4)[C@@H]4[C@]5(OC(C)=O)CO[C@@H]5C[C@@H]5C[C@@]54C(=O)[C@H](OC(C)=O)C(=C2C)C3(C)C)c(C)c(C)c1C. The van der Waals surface area contributed by atoms with Gasteiger partial charge in [-0.05, 0) is 105 Å². The second kappa shape index (κ2) is 17.7. The standard InChI is InChI=1S/C53H69NO14/c1-15-50(13,48(8,9)10)68-47(61)54-39(35-22-21-27(2)28(3)29(35)4)40(57)46(60)65-36-25-53(62-14)44(66-45(59)33-19-17-16-18-20-33)42-51(24-34(51)23-37-52(42,26-63-37)67-32(7)56)43(58)41(64-31(6)55)38(30(36)5)49(53,11)12/h16-22,34,36-37,39-42,44,57H,15,23-26H2,1-14H3,(H,54,61)/t34-,36+,37-,39+,40-,41-,42+,44+,50?,51-,52+,53?/m1/s1/i21D,22D. The molecule has 1 spiro atoms. The fourth-order valence-electron chi connectivity index (χ4n) is 12.0. The fraction of sp³-hybridized carbons (Fsp3) is 0.623. The maximum absolute atomic E-state index is 15.8. The third kappa shape index (κ3) is 7.93. The number of aliphatic hydroxyl groups excluding tert-OH is 1. The van der Waals surface area contributed by atoms with Crippen molar-refractivity contribution >= 4 is 35.8 Å². The van der Waals surface area contributed by atoms with Crippen molar-refractivity contribution in [2.75, 3.05) is 13.7 Å². The zero-order chi connectivity index (χ0) is 52.0. The number of benzene rings is 2. The Bertz CT molecular complexity index is 2510. The normalized spacial score (nSPS) is 32.2. The third-order valence-corrected chi connectivity index (χ3v) is 16.8. The van der Waals surface area contributed by atoms with Crippen molar-refractivity contribution < 1.29 is 69.8 Å². The minimum absolute atomic E-state index is 0.00938. The highest BCUT2D eigenvalue weighted by molar-refractivity contribution is 5.97. The van der Waals surface area contributed by atoms with E-state index in [1.807, 2.05) is 27.7 Å². The van der Waals surface area contributed by atoms with E-state index in [0.717, 1.165) is 0 Å². The van der Waals surface area contributed by atoms with E-state index >= 15 is 4.79 Å². The molecule has 1 aliphatic heterocycles. The summed E-state index contributed by atoms with van der Waals surface area (Å²) in [4.78, 5) is 85.7. The van der Waals surface area contributed by atoms with E-state index in [9.17, 15) is 29.1 Å². The lowest BCUT2D eigenvalue weighted by Crippen LogP contribution is -2.78. The van der Waals surface area contributed by atoms with Crippen LogP contribution in [0.1, 0.15) is 136 Å². The summed E-state index contributed by atoms with van der Waals surface area (Å²) in [5.74, 6) is -5.50. The number of hydrogen-bond donors (Lipinski definition) is 2.